The minimum atomic E-state index is -0.674. The SMILES string of the molecule is CC1(C)OOB(C2(B3OOC(C)(C)C3(C)C)c3cc(Br)ccc3-c3ccc(Br)cc32)C1(C)C. The smallest absolute Gasteiger partial charge is 0.303 e. The van der Waals surface area contributed by atoms with Crippen molar-refractivity contribution in [2.45, 2.75) is 82.4 Å². The van der Waals surface area contributed by atoms with Gasteiger partial charge in [0.2, 0.25) is 0 Å². The maximum Gasteiger partial charge on any atom is 0.359 e. The highest BCUT2D eigenvalue weighted by molar-refractivity contribution is 9.10. The van der Waals surface area contributed by atoms with Gasteiger partial charge in [0, 0.05) is 24.8 Å². The normalized spacial score (nSPS) is 25.3. The van der Waals surface area contributed by atoms with Gasteiger partial charge >= 0.3 is 13.8 Å². The van der Waals surface area contributed by atoms with Gasteiger partial charge < -0.3 is 9.61 Å². The summed E-state index contributed by atoms with van der Waals surface area (Å²) in [5.41, 5.74) is 3.73. The molecule has 0 spiro atoms. The third kappa shape index (κ3) is 2.98. The molecule has 33 heavy (non-hydrogen) atoms. The first-order valence-corrected chi connectivity index (χ1v) is 13.1. The molecule has 0 N–H and O–H groups in total. The number of halogens is 2. The first-order chi connectivity index (χ1) is 15.2. The summed E-state index contributed by atoms with van der Waals surface area (Å²) in [6, 6.07) is 13.0. The van der Waals surface area contributed by atoms with Gasteiger partial charge in [0.1, 0.15) is 0 Å². The lowest BCUT2D eigenvalue weighted by molar-refractivity contribution is -0.265. The van der Waals surface area contributed by atoms with Gasteiger partial charge in [0.05, 0.1) is 11.2 Å². The van der Waals surface area contributed by atoms with Crippen LogP contribution in [0.2, 0.25) is 10.6 Å². The predicted octanol–water partition coefficient (Wildman–Crippen LogP) is 7.58. The second-order valence-corrected chi connectivity index (χ2v) is 13.7. The first-order valence-electron chi connectivity index (χ1n) is 11.5. The molecule has 5 rings (SSSR count). The molecule has 0 atom stereocenters. The first kappa shape index (κ1) is 24.1. The van der Waals surface area contributed by atoms with Crippen LogP contribution in [0.5, 0.6) is 0 Å². The summed E-state index contributed by atoms with van der Waals surface area (Å²) in [5, 5.41) is -1.36. The average molecular weight is 576 g/mol. The largest absolute Gasteiger partial charge is 0.359 e. The molecule has 0 radical (unpaired) electrons. The summed E-state index contributed by atoms with van der Waals surface area (Å²) in [6.07, 6.45) is 0. The van der Waals surface area contributed by atoms with Gasteiger partial charge in [-0.1, -0.05) is 71.7 Å². The molecule has 0 unspecified atom stereocenters. The second kappa shape index (κ2) is 7.20. The predicted molar refractivity (Wildman–Crippen MR) is 140 cm³/mol. The van der Waals surface area contributed by atoms with Crippen molar-refractivity contribution in [2.24, 2.45) is 0 Å². The van der Waals surface area contributed by atoms with E-state index in [1.807, 2.05) is 0 Å². The zero-order valence-corrected chi connectivity index (χ0v) is 23.7. The van der Waals surface area contributed by atoms with Crippen molar-refractivity contribution in [1.29, 1.82) is 0 Å². The van der Waals surface area contributed by atoms with Crippen LogP contribution in [-0.2, 0) is 24.6 Å². The van der Waals surface area contributed by atoms with Gasteiger partial charge in [-0.05, 0) is 74.2 Å². The molecule has 2 aliphatic heterocycles. The number of hydrogen-bond donors (Lipinski definition) is 0. The molecule has 2 heterocycles. The summed E-state index contributed by atoms with van der Waals surface area (Å²) in [4.78, 5) is 24.9. The van der Waals surface area contributed by atoms with Crippen molar-refractivity contribution < 1.29 is 19.4 Å². The van der Waals surface area contributed by atoms with Gasteiger partial charge in [-0.2, -0.15) is 0 Å². The topological polar surface area (TPSA) is 36.9 Å². The maximum atomic E-state index is 6.37. The van der Waals surface area contributed by atoms with Crippen molar-refractivity contribution in [2.75, 3.05) is 0 Å². The van der Waals surface area contributed by atoms with Crippen molar-refractivity contribution in [1.82, 2.24) is 0 Å². The molecule has 8 heteroatoms. The quantitative estimate of drug-likeness (QED) is 0.273. The standard InChI is InChI=1S/C25H30B2Br2O4/c1-21(2)23(5,6)30-32-26(21)25(27-22(3,4)24(7,8)31-33-27)19-13-15(28)9-11-17(19)18-12-10-16(29)14-20(18)25/h9-14H,1-8H3. The van der Waals surface area contributed by atoms with E-state index in [0.29, 0.717) is 0 Å². The molecule has 0 aromatic heterocycles. The summed E-state index contributed by atoms with van der Waals surface area (Å²) in [7, 11) is 0. The Kier molecular flexibility index (Phi) is 5.26. The lowest BCUT2D eigenvalue weighted by Gasteiger charge is -2.46. The Bertz CT molecular complexity index is 1060. The third-order valence-corrected chi connectivity index (χ3v) is 10.1. The van der Waals surface area contributed by atoms with E-state index in [0.717, 1.165) is 8.95 Å². The molecule has 4 nitrogen and oxygen atoms in total. The summed E-state index contributed by atoms with van der Waals surface area (Å²) in [5.74, 6) is 0. The number of rotatable bonds is 2. The van der Waals surface area contributed by atoms with E-state index in [1.54, 1.807) is 0 Å². The molecule has 2 aromatic rings. The molecule has 2 fully saturated rings. The van der Waals surface area contributed by atoms with Gasteiger partial charge in [0.15, 0.2) is 0 Å². The molecule has 0 bridgehead atoms. The number of benzene rings is 2. The van der Waals surface area contributed by atoms with Crippen LogP contribution in [0.25, 0.3) is 11.1 Å². The van der Waals surface area contributed by atoms with E-state index < -0.39 is 16.4 Å². The minimum Gasteiger partial charge on any atom is -0.303 e. The molecule has 2 saturated heterocycles. The van der Waals surface area contributed by atoms with E-state index in [1.165, 1.54) is 22.3 Å². The van der Waals surface area contributed by atoms with E-state index in [-0.39, 0.29) is 24.5 Å². The van der Waals surface area contributed by atoms with Crippen molar-refractivity contribution >= 4 is 45.7 Å². The van der Waals surface area contributed by atoms with Crippen LogP contribution in [0.4, 0.5) is 0 Å². The molecular formula is C25H30B2Br2O4. The summed E-state index contributed by atoms with van der Waals surface area (Å²) < 4.78 is 2.04. The van der Waals surface area contributed by atoms with Crippen LogP contribution < -0.4 is 0 Å². The van der Waals surface area contributed by atoms with E-state index in [2.05, 4.69) is 124 Å². The Hall–Kier alpha value is -0.630. The van der Waals surface area contributed by atoms with Gasteiger partial charge in [-0.25, -0.2) is 9.78 Å². The fourth-order valence-electron chi connectivity index (χ4n) is 5.75. The van der Waals surface area contributed by atoms with Crippen LogP contribution >= 0.6 is 31.9 Å². The Balaban J connectivity index is 1.91. The zero-order chi connectivity index (χ0) is 24.2. The minimum absolute atomic E-state index is 0.328. The highest BCUT2D eigenvalue weighted by Crippen LogP contribution is 2.67. The lowest BCUT2D eigenvalue weighted by Crippen LogP contribution is -2.63. The molecule has 174 valence electrons. The monoisotopic (exact) mass is 574 g/mol. The molecule has 0 saturated carbocycles. The molecule has 2 aromatic carbocycles. The molecule has 1 aliphatic carbocycles. The van der Waals surface area contributed by atoms with Crippen LogP contribution in [0.3, 0.4) is 0 Å². The van der Waals surface area contributed by atoms with E-state index in [4.69, 9.17) is 19.4 Å². The van der Waals surface area contributed by atoms with Gasteiger partial charge in [-0.3, -0.25) is 0 Å². The molecule has 0 amide bonds. The van der Waals surface area contributed by atoms with Gasteiger partial charge in [-0.15, -0.1) is 0 Å². The van der Waals surface area contributed by atoms with Crippen LogP contribution in [0.1, 0.15) is 66.5 Å². The van der Waals surface area contributed by atoms with Gasteiger partial charge in [0.25, 0.3) is 0 Å². The number of fused-ring (bicyclic) bond motifs is 3. The van der Waals surface area contributed by atoms with Crippen LogP contribution in [0.15, 0.2) is 45.3 Å². The third-order valence-electron chi connectivity index (χ3n) is 9.09. The highest BCUT2D eigenvalue weighted by atomic mass is 79.9. The second-order valence-electron chi connectivity index (χ2n) is 11.8. The summed E-state index contributed by atoms with van der Waals surface area (Å²) in [6.45, 7) is 16.7. The van der Waals surface area contributed by atoms with Crippen molar-refractivity contribution in [3.05, 3.63) is 56.5 Å². The number of hydrogen-bond acceptors (Lipinski definition) is 4. The highest BCUT2D eigenvalue weighted by Gasteiger charge is 2.76. The molecular weight excluding hydrogens is 546 g/mol. The van der Waals surface area contributed by atoms with E-state index >= 15 is 0 Å². The maximum absolute atomic E-state index is 6.37. The Morgan fingerprint density at radius 3 is 1.27 bits per heavy atom. The fraction of sp³-hybridized carbons (Fsp3) is 0.520. The van der Waals surface area contributed by atoms with Crippen LogP contribution in [-0.4, -0.2) is 25.0 Å². The Morgan fingerprint density at radius 1 is 0.606 bits per heavy atom. The van der Waals surface area contributed by atoms with E-state index in [9.17, 15) is 0 Å². The summed E-state index contributed by atoms with van der Waals surface area (Å²) >= 11 is 7.48. The van der Waals surface area contributed by atoms with Crippen molar-refractivity contribution in [3.8, 4) is 11.1 Å². The zero-order valence-electron chi connectivity index (χ0n) is 20.5. The lowest BCUT2D eigenvalue weighted by atomic mass is 9.13. The fourth-order valence-corrected chi connectivity index (χ4v) is 6.47. The van der Waals surface area contributed by atoms with Crippen molar-refractivity contribution in [3.63, 3.8) is 0 Å². The molecule has 3 aliphatic rings. The Morgan fingerprint density at radius 2 is 0.970 bits per heavy atom. The average Bonchev–Trinajstić information content (AvgIpc) is 3.18. The van der Waals surface area contributed by atoms with Crippen LogP contribution in [0, 0.1) is 0 Å². The Labute approximate surface area is 214 Å².